The summed E-state index contributed by atoms with van der Waals surface area (Å²) in [5.41, 5.74) is 6.64. The minimum absolute atomic E-state index is 0.277. The molecule has 120 valence electrons. The van der Waals surface area contributed by atoms with Gasteiger partial charge in [0.15, 0.2) is 0 Å². The van der Waals surface area contributed by atoms with Crippen molar-refractivity contribution < 1.29 is 9.13 Å². The zero-order valence-corrected chi connectivity index (χ0v) is 14.6. The Morgan fingerprint density at radius 3 is 2.74 bits per heavy atom. The first kappa shape index (κ1) is 17.3. The fourth-order valence-corrected chi connectivity index (χ4v) is 2.46. The molecule has 2 rings (SSSR count). The van der Waals surface area contributed by atoms with Crippen LogP contribution in [0.15, 0.2) is 81.2 Å². The first-order chi connectivity index (χ1) is 11.0. The van der Waals surface area contributed by atoms with Crippen LogP contribution in [0.5, 0.6) is 0 Å². The molecule has 0 saturated heterocycles. The van der Waals surface area contributed by atoms with E-state index < -0.39 is 0 Å². The smallest absolute Gasteiger partial charge is 0.255 e. The molecule has 23 heavy (non-hydrogen) atoms. The van der Waals surface area contributed by atoms with Crippen LogP contribution in [0, 0.1) is 0 Å². The lowest BCUT2D eigenvalue weighted by molar-refractivity contribution is 0.414. The van der Waals surface area contributed by atoms with Gasteiger partial charge in [0.25, 0.3) is 5.23 Å². The van der Waals surface area contributed by atoms with E-state index in [0.29, 0.717) is 23.0 Å². The number of allylic oxidation sites excluding steroid dienone is 9. The Hall–Kier alpha value is -2.03. The molecule has 0 spiro atoms. The van der Waals surface area contributed by atoms with Crippen LogP contribution in [0.3, 0.4) is 0 Å². The van der Waals surface area contributed by atoms with Gasteiger partial charge in [0.05, 0.1) is 5.70 Å². The summed E-state index contributed by atoms with van der Waals surface area (Å²) in [6, 6.07) is 0. The molecule has 0 unspecified atom stereocenters. The van der Waals surface area contributed by atoms with Gasteiger partial charge in [0.1, 0.15) is 11.6 Å². The van der Waals surface area contributed by atoms with Crippen molar-refractivity contribution in [3.8, 4) is 0 Å². The third-order valence-electron chi connectivity index (χ3n) is 3.34. The second kappa shape index (κ2) is 8.00. The second-order valence-corrected chi connectivity index (χ2v) is 6.10. The highest BCUT2D eigenvalue weighted by Crippen LogP contribution is 2.22. The predicted octanol–water partition coefficient (Wildman–Crippen LogP) is 5.75. The molecule has 0 fully saturated rings. The number of ether oxygens (including phenoxy) is 1. The van der Waals surface area contributed by atoms with Crippen molar-refractivity contribution in [1.82, 2.24) is 0 Å². The molecule has 0 aliphatic heterocycles. The van der Waals surface area contributed by atoms with Crippen molar-refractivity contribution in [2.45, 2.75) is 27.2 Å². The molecular weight excluding hydrogens is 309 g/mol. The highest BCUT2D eigenvalue weighted by Gasteiger charge is 2.10. The Labute approximate surface area is 141 Å². The maximum atomic E-state index is 13.8. The number of hydrogen-bond donors (Lipinski definition) is 0. The third kappa shape index (κ3) is 4.98. The van der Waals surface area contributed by atoms with Crippen LogP contribution in [-0.4, -0.2) is 11.5 Å². The van der Waals surface area contributed by atoms with Crippen LogP contribution in [0.1, 0.15) is 27.2 Å². The Morgan fingerprint density at radius 2 is 2.00 bits per heavy atom. The van der Waals surface area contributed by atoms with Crippen LogP contribution in [0.4, 0.5) is 4.39 Å². The van der Waals surface area contributed by atoms with Gasteiger partial charge >= 0.3 is 0 Å². The Balaban J connectivity index is 2.27. The van der Waals surface area contributed by atoms with E-state index in [2.05, 4.69) is 10.7 Å². The fraction of sp³-hybridized carbons (Fsp3) is 0.263. The lowest BCUT2D eigenvalue weighted by Crippen LogP contribution is -2.01. The van der Waals surface area contributed by atoms with E-state index in [4.69, 9.17) is 4.74 Å². The first-order valence-electron chi connectivity index (χ1n) is 7.35. The molecule has 0 aromatic rings. The van der Waals surface area contributed by atoms with Gasteiger partial charge in [-0.3, -0.25) is 0 Å². The first-order valence-corrected chi connectivity index (χ1v) is 8.57. The molecule has 0 atom stereocenters. The van der Waals surface area contributed by atoms with Gasteiger partial charge in [0, 0.05) is 18.6 Å². The summed E-state index contributed by atoms with van der Waals surface area (Å²) in [6.45, 7) is 5.75. The van der Waals surface area contributed by atoms with Crippen LogP contribution < -0.4 is 0 Å². The number of nitrogens with zero attached hydrogens (tertiary/aromatic N) is 1. The van der Waals surface area contributed by atoms with Gasteiger partial charge in [-0.15, -0.1) is 5.73 Å². The summed E-state index contributed by atoms with van der Waals surface area (Å²) in [4.78, 5) is 4.55. The summed E-state index contributed by atoms with van der Waals surface area (Å²) in [7, 11) is 0. The fourth-order valence-electron chi connectivity index (χ4n) is 2.08. The summed E-state index contributed by atoms with van der Waals surface area (Å²) in [6.07, 6.45) is 13.3. The summed E-state index contributed by atoms with van der Waals surface area (Å²) < 4.78 is 19.6. The van der Waals surface area contributed by atoms with Crippen LogP contribution >= 0.6 is 11.8 Å². The van der Waals surface area contributed by atoms with Crippen LogP contribution in [-0.2, 0) is 4.74 Å². The van der Waals surface area contributed by atoms with E-state index in [1.54, 1.807) is 13.0 Å². The molecule has 2 aliphatic carbocycles. The highest BCUT2D eigenvalue weighted by molar-refractivity contribution is 8.12. The molecule has 0 N–H and O–H groups in total. The molecule has 2 nitrogen and oxygen atoms in total. The largest absolute Gasteiger partial charge is 0.438 e. The molecule has 0 amide bonds. The Bertz CT molecular complexity index is 741. The van der Waals surface area contributed by atoms with Crippen molar-refractivity contribution in [3.05, 3.63) is 76.2 Å². The van der Waals surface area contributed by atoms with Crippen LogP contribution in [0.25, 0.3) is 0 Å². The van der Waals surface area contributed by atoms with E-state index in [9.17, 15) is 4.39 Å². The monoisotopic (exact) mass is 329 g/mol. The van der Waals surface area contributed by atoms with Gasteiger partial charge in [-0.25, -0.2) is 9.38 Å². The van der Waals surface area contributed by atoms with Gasteiger partial charge in [-0.2, -0.15) is 0 Å². The minimum Gasteiger partial charge on any atom is -0.438 e. The minimum atomic E-state index is -0.277. The van der Waals surface area contributed by atoms with Crippen molar-refractivity contribution in [1.29, 1.82) is 0 Å². The van der Waals surface area contributed by atoms with E-state index in [0.717, 1.165) is 16.8 Å². The number of hydrogen-bond acceptors (Lipinski definition) is 3. The average Bonchev–Trinajstić information content (AvgIpc) is 2.76. The maximum absolute atomic E-state index is 13.8. The van der Waals surface area contributed by atoms with Crippen molar-refractivity contribution >= 4 is 17.0 Å². The van der Waals surface area contributed by atoms with Crippen molar-refractivity contribution in [2.24, 2.45) is 4.99 Å². The van der Waals surface area contributed by atoms with Gasteiger partial charge in [0.2, 0.25) is 0 Å². The summed E-state index contributed by atoms with van der Waals surface area (Å²) in [5, 5.41) is 0.484. The predicted molar refractivity (Wildman–Crippen MR) is 96.8 cm³/mol. The van der Waals surface area contributed by atoms with Crippen molar-refractivity contribution in [3.63, 3.8) is 0 Å². The standard InChI is InChI=1S/C19H20FNOS/c1-13-7-5-10-18(15(3)11-13)21-19(23-4)22-16-9-6-8-14(2)17(20)12-16/h6-8,10-12H,9H2,1-4H3. The van der Waals surface area contributed by atoms with E-state index in [1.807, 2.05) is 44.4 Å². The number of halogens is 1. The lowest BCUT2D eigenvalue weighted by atomic mass is 10.2. The molecular formula is C19H20FNOS. The number of rotatable bonds is 2. The highest BCUT2D eigenvalue weighted by atomic mass is 32.2. The quantitative estimate of drug-likeness (QED) is 0.365. The van der Waals surface area contributed by atoms with Crippen LogP contribution in [0.2, 0.25) is 0 Å². The number of thioether (sulfide) groups is 1. The molecule has 0 aromatic heterocycles. The normalized spacial score (nSPS) is 18.7. The van der Waals surface area contributed by atoms with Crippen molar-refractivity contribution in [2.75, 3.05) is 6.26 Å². The second-order valence-electron chi connectivity index (χ2n) is 5.34. The van der Waals surface area contributed by atoms with E-state index in [1.165, 1.54) is 17.8 Å². The molecule has 0 bridgehead atoms. The maximum Gasteiger partial charge on any atom is 0.255 e. The average molecular weight is 329 g/mol. The molecule has 2 aliphatic rings. The summed E-state index contributed by atoms with van der Waals surface area (Å²) >= 11 is 1.39. The van der Waals surface area contributed by atoms with Gasteiger partial charge in [-0.05, 0) is 49.8 Å². The van der Waals surface area contributed by atoms with Gasteiger partial charge < -0.3 is 4.74 Å². The third-order valence-corrected chi connectivity index (χ3v) is 3.86. The zero-order valence-electron chi connectivity index (χ0n) is 13.8. The zero-order chi connectivity index (χ0) is 16.8. The summed E-state index contributed by atoms with van der Waals surface area (Å²) in [5.74, 6) is 0.266. The molecule has 0 radical (unpaired) electrons. The SMILES string of the molecule is CSC(=NC1=C(C)C=C(C)C=C=C1)OC1=CC(F)=C(C)C=CC1. The van der Waals surface area contributed by atoms with E-state index >= 15 is 0 Å². The topological polar surface area (TPSA) is 21.6 Å². The molecule has 0 saturated carbocycles. The van der Waals surface area contributed by atoms with E-state index in [-0.39, 0.29) is 5.83 Å². The molecule has 0 aromatic carbocycles. The number of aliphatic imine (C=N–C) groups is 1. The Morgan fingerprint density at radius 1 is 1.22 bits per heavy atom. The van der Waals surface area contributed by atoms with Gasteiger partial charge in [-0.1, -0.05) is 30.0 Å². The lowest BCUT2D eigenvalue weighted by Gasteiger charge is -2.09. The molecule has 0 heterocycles. The Kier molecular flexibility index (Phi) is 6.03. The molecule has 4 heteroatoms.